The Labute approximate surface area is 129 Å². The summed E-state index contributed by atoms with van der Waals surface area (Å²) in [7, 11) is 1.27. The third-order valence-corrected chi connectivity index (χ3v) is 3.41. The lowest BCUT2D eigenvalue weighted by Gasteiger charge is -2.21. The van der Waals surface area contributed by atoms with Gasteiger partial charge in [-0.15, -0.1) is 0 Å². The van der Waals surface area contributed by atoms with E-state index in [1.165, 1.54) is 25.3 Å². The first-order valence-corrected chi connectivity index (χ1v) is 6.64. The molecule has 0 aliphatic heterocycles. The zero-order chi connectivity index (χ0) is 16.3. The molecular weight excluding hydrogens is 322 g/mol. The van der Waals surface area contributed by atoms with Gasteiger partial charge in [0.1, 0.15) is 18.2 Å². The summed E-state index contributed by atoms with van der Waals surface area (Å²) in [4.78, 5) is 0. The lowest BCUT2D eigenvalue weighted by atomic mass is 9.79. The summed E-state index contributed by atoms with van der Waals surface area (Å²) >= 11 is 5.74. The maximum atomic E-state index is 13.3. The van der Waals surface area contributed by atoms with E-state index in [-0.39, 0.29) is 28.7 Å². The van der Waals surface area contributed by atoms with Crippen LogP contribution in [0.2, 0.25) is 5.02 Å². The zero-order valence-electron chi connectivity index (χ0n) is 11.5. The van der Waals surface area contributed by atoms with Crippen LogP contribution in [0.1, 0.15) is 5.56 Å². The number of halogens is 5. The molecule has 0 aliphatic rings. The maximum Gasteiger partial charge on any atom is 0.513 e. The van der Waals surface area contributed by atoms with E-state index < -0.39 is 18.3 Å². The molecule has 0 spiro atoms. The molecule has 2 nitrogen and oxygen atoms in total. The largest absolute Gasteiger partial charge is 0.513 e. The van der Waals surface area contributed by atoms with Crippen LogP contribution in [0, 0.1) is 5.82 Å². The molecule has 0 saturated carbocycles. The number of hydrogen-bond donors (Lipinski definition) is 0. The minimum atomic E-state index is -5.28. The summed E-state index contributed by atoms with van der Waals surface area (Å²) in [5.41, 5.74) is -0.648. The summed E-state index contributed by atoms with van der Waals surface area (Å²) in [5, 5.41) is -0.171. The maximum absolute atomic E-state index is 13.3. The lowest BCUT2D eigenvalue weighted by Crippen LogP contribution is -2.35. The SMILES string of the molecule is COc1ccc(OCc2cccc(F)c2Cl)c([B-](F)(F)F)c1. The molecule has 0 bridgehead atoms. The van der Waals surface area contributed by atoms with Crippen LogP contribution in [-0.2, 0) is 6.61 Å². The van der Waals surface area contributed by atoms with Gasteiger partial charge in [-0.2, -0.15) is 0 Å². The minimum Gasteiger partial charge on any atom is -0.497 e. The first-order chi connectivity index (χ1) is 10.3. The van der Waals surface area contributed by atoms with Crippen LogP contribution in [0.3, 0.4) is 0 Å². The standard InChI is InChI=1S/C14H11BClF4O2/c1-21-10-5-6-13(11(7-10)15(18,19)20)22-8-9-3-2-4-12(17)14(9)16/h2-7H,8H2,1H3/q-1. The van der Waals surface area contributed by atoms with Gasteiger partial charge < -0.3 is 22.4 Å². The fourth-order valence-electron chi connectivity index (χ4n) is 1.86. The Balaban J connectivity index is 2.28. The average Bonchev–Trinajstić information content (AvgIpc) is 2.47. The Kier molecular flexibility index (Phi) is 4.85. The Hall–Kier alpha value is -1.89. The van der Waals surface area contributed by atoms with Crippen LogP contribution in [-0.4, -0.2) is 14.1 Å². The highest BCUT2D eigenvalue weighted by Gasteiger charge is 2.30. The molecule has 0 aromatic heterocycles. The van der Waals surface area contributed by atoms with Crippen molar-refractivity contribution in [3.63, 3.8) is 0 Å². The van der Waals surface area contributed by atoms with Crippen molar-refractivity contribution < 1.29 is 26.8 Å². The number of hydrogen-bond acceptors (Lipinski definition) is 2. The molecule has 2 aromatic rings. The molecule has 2 rings (SSSR count). The highest BCUT2D eigenvalue weighted by molar-refractivity contribution is 6.74. The predicted molar refractivity (Wildman–Crippen MR) is 77.4 cm³/mol. The van der Waals surface area contributed by atoms with Crippen molar-refractivity contribution >= 4 is 24.0 Å². The third kappa shape index (κ3) is 3.65. The second kappa shape index (κ2) is 6.48. The molecule has 0 amide bonds. The second-order valence-electron chi connectivity index (χ2n) is 4.48. The molecule has 0 heterocycles. The summed E-state index contributed by atoms with van der Waals surface area (Å²) < 4.78 is 62.5. The molecule has 118 valence electrons. The Morgan fingerprint density at radius 3 is 2.50 bits per heavy atom. The van der Waals surface area contributed by atoms with E-state index >= 15 is 0 Å². The van der Waals surface area contributed by atoms with Crippen molar-refractivity contribution in [2.24, 2.45) is 0 Å². The van der Waals surface area contributed by atoms with Gasteiger partial charge in [0.2, 0.25) is 0 Å². The highest BCUT2D eigenvalue weighted by Crippen LogP contribution is 2.25. The van der Waals surface area contributed by atoms with Gasteiger partial charge in [-0.3, -0.25) is 0 Å². The Bertz CT molecular complexity index is 676. The van der Waals surface area contributed by atoms with Crippen LogP contribution < -0.4 is 14.9 Å². The van der Waals surface area contributed by atoms with Crippen molar-refractivity contribution in [1.29, 1.82) is 0 Å². The summed E-state index contributed by atoms with van der Waals surface area (Å²) in [5.74, 6) is -0.934. The number of ether oxygens (including phenoxy) is 2. The fourth-order valence-corrected chi connectivity index (χ4v) is 2.04. The molecule has 22 heavy (non-hydrogen) atoms. The van der Waals surface area contributed by atoms with Gasteiger partial charge in [0.15, 0.2) is 0 Å². The lowest BCUT2D eigenvalue weighted by molar-refractivity contribution is 0.305. The first-order valence-electron chi connectivity index (χ1n) is 6.26. The van der Waals surface area contributed by atoms with Crippen LogP contribution in [0.15, 0.2) is 36.4 Å². The number of benzene rings is 2. The molecule has 0 radical (unpaired) electrons. The van der Waals surface area contributed by atoms with Crippen LogP contribution in [0.5, 0.6) is 11.5 Å². The third-order valence-electron chi connectivity index (χ3n) is 2.98. The van der Waals surface area contributed by atoms with E-state index in [1.807, 2.05) is 0 Å². The molecule has 8 heteroatoms. The van der Waals surface area contributed by atoms with E-state index in [9.17, 15) is 17.3 Å². The van der Waals surface area contributed by atoms with E-state index in [1.54, 1.807) is 0 Å². The Morgan fingerprint density at radius 1 is 1.14 bits per heavy atom. The van der Waals surface area contributed by atoms with Gasteiger partial charge in [0.05, 0.1) is 17.9 Å². The molecule has 2 aromatic carbocycles. The van der Waals surface area contributed by atoms with Gasteiger partial charge in [0, 0.05) is 5.56 Å². The molecule has 0 fully saturated rings. The van der Waals surface area contributed by atoms with E-state index in [2.05, 4.69) is 0 Å². The monoisotopic (exact) mass is 333 g/mol. The van der Waals surface area contributed by atoms with Crippen molar-refractivity contribution in [3.8, 4) is 11.5 Å². The molecule has 0 atom stereocenters. The van der Waals surface area contributed by atoms with Crippen LogP contribution >= 0.6 is 11.6 Å². The molecule has 0 unspecified atom stereocenters. The molecular formula is C14H11BClF4O2-. The van der Waals surface area contributed by atoms with Gasteiger partial charge in [0.25, 0.3) is 0 Å². The van der Waals surface area contributed by atoms with Crippen molar-refractivity contribution in [2.45, 2.75) is 6.61 Å². The quantitative estimate of drug-likeness (QED) is 0.605. The normalized spacial score (nSPS) is 11.4. The second-order valence-corrected chi connectivity index (χ2v) is 4.86. The van der Waals surface area contributed by atoms with Gasteiger partial charge >= 0.3 is 6.98 Å². The summed E-state index contributed by atoms with van der Waals surface area (Å²) in [6.45, 7) is -5.55. The molecule has 0 aliphatic carbocycles. The van der Waals surface area contributed by atoms with Gasteiger partial charge in [-0.25, -0.2) is 4.39 Å². The van der Waals surface area contributed by atoms with E-state index in [4.69, 9.17) is 21.1 Å². The van der Waals surface area contributed by atoms with Crippen molar-refractivity contribution in [1.82, 2.24) is 0 Å². The zero-order valence-corrected chi connectivity index (χ0v) is 12.2. The summed E-state index contributed by atoms with van der Waals surface area (Å²) in [6.07, 6.45) is 0. The highest BCUT2D eigenvalue weighted by atomic mass is 35.5. The molecule has 0 N–H and O–H groups in total. The van der Waals surface area contributed by atoms with E-state index in [0.29, 0.717) is 0 Å². The van der Waals surface area contributed by atoms with Gasteiger partial charge in [-0.1, -0.05) is 29.2 Å². The van der Waals surface area contributed by atoms with Gasteiger partial charge in [-0.05, 0) is 24.3 Å². The smallest absolute Gasteiger partial charge is 0.497 e. The van der Waals surface area contributed by atoms with E-state index in [0.717, 1.165) is 18.2 Å². The average molecular weight is 333 g/mol. The number of rotatable bonds is 5. The summed E-state index contributed by atoms with van der Waals surface area (Å²) in [6, 6.07) is 7.42. The van der Waals surface area contributed by atoms with Crippen molar-refractivity contribution in [3.05, 3.63) is 52.8 Å². The Morgan fingerprint density at radius 2 is 1.86 bits per heavy atom. The fraction of sp³-hybridized carbons (Fsp3) is 0.143. The minimum absolute atomic E-state index is 0.0744. The van der Waals surface area contributed by atoms with Crippen molar-refractivity contribution in [2.75, 3.05) is 7.11 Å². The topological polar surface area (TPSA) is 18.5 Å². The van der Waals surface area contributed by atoms with Crippen LogP contribution in [0.4, 0.5) is 17.3 Å². The van der Waals surface area contributed by atoms with Crippen LogP contribution in [0.25, 0.3) is 0 Å². The first kappa shape index (κ1) is 16.5. The number of methoxy groups -OCH3 is 1. The molecule has 0 saturated heterocycles. The predicted octanol–water partition coefficient (Wildman–Crippen LogP) is 4.12.